The van der Waals surface area contributed by atoms with Gasteiger partial charge >= 0.3 is 0 Å². The molecule has 2 rings (SSSR count). The first-order valence-corrected chi connectivity index (χ1v) is 6.50. The van der Waals surface area contributed by atoms with Gasteiger partial charge in [-0.2, -0.15) is 0 Å². The molecule has 1 aromatic rings. The van der Waals surface area contributed by atoms with Crippen molar-refractivity contribution in [1.82, 2.24) is 5.32 Å². The van der Waals surface area contributed by atoms with Crippen molar-refractivity contribution in [3.8, 4) is 11.5 Å². The van der Waals surface area contributed by atoms with Crippen molar-refractivity contribution in [3.05, 3.63) is 18.2 Å². The van der Waals surface area contributed by atoms with Gasteiger partial charge in [0.25, 0.3) is 0 Å². The van der Waals surface area contributed by atoms with Crippen molar-refractivity contribution in [1.29, 1.82) is 0 Å². The lowest BCUT2D eigenvalue weighted by Gasteiger charge is -2.11. The Morgan fingerprint density at radius 3 is 2.89 bits per heavy atom. The number of benzene rings is 1. The highest BCUT2D eigenvalue weighted by Crippen LogP contribution is 2.34. The van der Waals surface area contributed by atoms with Gasteiger partial charge < -0.3 is 20.1 Å². The van der Waals surface area contributed by atoms with Crippen molar-refractivity contribution in [2.24, 2.45) is 5.92 Å². The summed E-state index contributed by atoms with van der Waals surface area (Å²) in [4.78, 5) is 0. The van der Waals surface area contributed by atoms with Crippen LogP contribution in [0.4, 0.5) is 5.69 Å². The third kappa shape index (κ3) is 3.50. The first-order valence-electron chi connectivity index (χ1n) is 6.09. The summed E-state index contributed by atoms with van der Waals surface area (Å²) in [5.41, 5.74) is 0.904. The molecule has 0 aromatic heterocycles. The summed E-state index contributed by atoms with van der Waals surface area (Å²) in [5.74, 6) is 2.20. The van der Waals surface area contributed by atoms with Gasteiger partial charge in [-0.15, -0.1) is 0 Å². The first kappa shape index (κ1) is 13.0. The lowest BCUT2D eigenvalue weighted by atomic mass is 10.1. The lowest BCUT2D eigenvalue weighted by Crippen LogP contribution is -2.29. The molecule has 0 aliphatic carbocycles. The number of hydrogen-bond donors (Lipinski definition) is 2. The highest BCUT2D eigenvalue weighted by atomic mass is 32.1. The Hall–Kier alpha value is -1.49. The van der Waals surface area contributed by atoms with Gasteiger partial charge in [0.05, 0.1) is 0 Å². The number of thiocarbonyl (C=S) groups is 1. The highest BCUT2D eigenvalue weighted by molar-refractivity contribution is 7.80. The van der Waals surface area contributed by atoms with Crippen LogP contribution in [0, 0.1) is 5.92 Å². The summed E-state index contributed by atoms with van der Waals surface area (Å²) in [5, 5.41) is 6.94. The molecule has 1 aromatic carbocycles. The Balaban J connectivity index is 1.84. The van der Waals surface area contributed by atoms with Gasteiger partial charge in [-0.05, 0) is 36.7 Å². The Morgan fingerprint density at radius 1 is 1.33 bits per heavy atom. The summed E-state index contributed by atoms with van der Waals surface area (Å²) in [6.07, 6.45) is 1.10. The molecule has 1 aliphatic heterocycles. The van der Waals surface area contributed by atoms with Crippen LogP contribution in [0.5, 0.6) is 11.5 Å². The molecule has 5 heteroatoms. The maximum Gasteiger partial charge on any atom is 0.231 e. The molecule has 2 N–H and O–H groups in total. The van der Waals surface area contributed by atoms with E-state index in [-0.39, 0.29) is 6.79 Å². The van der Waals surface area contributed by atoms with E-state index in [1.54, 1.807) is 0 Å². The maximum absolute atomic E-state index is 5.31. The van der Waals surface area contributed by atoms with Crippen LogP contribution in [0.15, 0.2) is 18.2 Å². The van der Waals surface area contributed by atoms with E-state index in [4.69, 9.17) is 21.7 Å². The van der Waals surface area contributed by atoms with Gasteiger partial charge in [0.15, 0.2) is 16.6 Å². The quantitative estimate of drug-likeness (QED) is 0.820. The second-order valence-corrected chi connectivity index (χ2v) is 5.04. The fraction of sp³-hybridized carbons (Fsp3) is 0.462. The third-order valence-corrected chi connectivity index (χ3v) is 2.88. The molecule has 0 atom stereocenters. The summed E-state index contributed by atoms with van der Waals surface area (Å²) in [6.45, 7) is 5.55. The van der Waals surface area contributed by atoms with E-state index in [1.165, 1.54) is 0 Å². The molecule has 18 heavy (non-hydrogen) atoms. The fourth-order valence-electron chi connectivity index (χ4n) is 1.62. The average Bonchev–Trinajstić information content (AvgIpc) is 2.75. The predicted molar refractivity (Wildman–Crippen MR) is 76.2 cm³/mol. The van der Waals surface area contributed by atoms with Crippen LogP contribution in [0.3, 0.4) is 0 Å². The Kier molecular flexibility index (Phi) is 4.25. The zero-order valence-corrected chi connectivity index (χ0v) is 11.5. The summed E-state index contributed by atoms with van der Waals surface area (Å²) < 4.78 is 10.6. The van der Waals surface area contributed by atoms with Crippen LogP contribution >= 0.6 is 12.2 Å². The summed E-state index contributed by atoms with van der Waals surface area (Å²) >= 11 is 5.22. The molecule has 0 spiro atoms. The van der Waals surface area contributed by atoms with Crippen LogP contribution in [0.25, 0.3) is 0 Å². The molecule has 0 unspecified atom stereocenters. The number of nitrogens with one attached hydrogen (secondary N) is 2. The topological polar surface area (TPSA) is 42.5 Å². The average molecular weight is 266 g/mol. The SMILES string of the molecule is CC(C)CCNC(=S)Nc1ccc2c(c1)OCO2. The minimum atomic E-state index is 0.288. The zero-order chi connectivity index (χ0) is 13.0. The molecule has 0 amide bonds. The molecule has 98 valence electrons. The van der Waals surface area contributed by atoms with Crippen LogP contribution in [-0.4, -0.2) is 18.5 Å². The monoisotopic (exact) mass is 266 g/mol. The molecule has 0 saturated carbocycles. The Labute approximate surface area is 113 Å². The normalized spacial score (nSPS) is 12.6. The van der Waals surface area contributed by atoms with Gasteiger partial charge in [0.2, 0.25) is 6.79 Å². The van der Waals surface area contributed by atoms with Crippen molar-refractivity contribution in [2.45, 2.75) is 20.3 Å². The minimum Gasteiger partial charge on any atom is -0.454 e. The third-order valence-electron chi connectivity index (χ3n) is 2.64. The molecular weight excluding hydrogens is 248 g/mol. The van der Waals surface area contributed by atoms with Gasteiger partial charge in [-0.3, -0.25) is 0 Å². The maximum atomic E-state index is 5.31. The first-order chi connectivity index (χ1) is 8.65. The van der Waals surface area contributed by atoms with Gasteiger partial charge in [0.1, 0.15) is 0 Å². The largest absolute Gasteiger partial charge is 0.454 e. The number of anilines is 1. The Bertz CT molecular complexity index is 435. The van der Waals surface area contributed by atoms with Gasteiger partial charge in [-0.25, -0.2) is 0 Å². The highest BCUT2D eigenvalue weighted by Gasteiger charge is 2.13. The van der Waals surface area contributed by atoms with E-state index in [0.29, 0.717) is 11.0 Å². The molecule has 0 fully saturated rings. The molecule has 0 saturated heterocycles. The standard InChI is InChI=1S/C13H18N2O2S/c1-9(2)5-6-14-13(18)15-10-3-4-11-12(7-10)17-8-16-11/h3-4,7,9H,5-6,8H2,1-2H3,(H2,14,15,18). The molecule has 0 bridgehead atoms. The predicted octanol–water partition coefficient (Wildman–Crippen LogP) is 2.75. The molecule has 0 radical (unpaired) electrons. The van der Waals surface area contributed by atoms with Crippen molar-refractivity contribution in [3.63, 3.8) is 0 Å². The summed E-state index contributed by atoms with van der Waals surface area (Å²) in [6, 6.07) is 5.68. The number of fused-ring (bicyclic) bond motifs is 1. The van der Waals surface area contributed by atoms with E-state index >= 15 is 0 Å². The van der Waals surface area contributed by atoms with Gasteiger partial charge in [-0.1, -0.05) is 13.8 Å². The van der Waals surface area contributed by atoms with E-state index in [1.807, 2.05) is 18.2 Å². The van der Waals surface area contributed by atoms with Crippen LogP contribution < -0.4 is 20.1 Å². The zero-order valence-electron chi connectivity index (χ0n) is 10.7. The van der Waals surface area contributed by atoms with Crippen LogP contribution in [0.2, 0.25) is 0 Å². The number of hydrogen-bond acceptors (Lipinski definition) is 3. The van der Waals surface area contributed by atoms with E-state index in [2.05, 4.69) is 24.5 Å². The van der Waals surface area contributed by atoms with E-state index in [0.717, 1.165) is 30.2 Å². The van der Waals surface area contributed by atoms with Crippen LogP contribution in [-0.2, 0) is 0 Å². The fourth-order valence-corrected chi connectivity index (χ4v) is 1.84. The molecule has 4 nitrogen and oxygen atoms in total. The summed E-state index contributed by atoms with van der Waals surface area (Å²) in [7, 11) is 0. The van der Waals surface area contributed by atoms with Crippen LogP contribution in [0.1, 0.15) is 20.3 Å². The molecule has 1 heterocycles. The smallest absolute Gasteiger partial charge is 0.231 e. The van der Waals surface area contributed by atoms with E-state index < -0.39 is 0 Å². The second-order valence-electron chi connectivity index (χ2n) is 4.63. The molecule has 1 aliphatic rings. The number of rotatable bonds is 4. The Morgan fingerprint density at radius 2 is 2.11 bits per heavy atom. The number of ether oxygens (including phenoxy) is 2. The molecular formula is C13H18N2O2S. The van der Waals surface area contributed by atoms with Crippen molar-refractivity contribution >= 4 is 23.0 Å². The van der Waals surface area contributed by atoms with Crippen molar-refractivity contribution in [2.75, 3.05) is 18.7 Å². The minimum absolute atomic E-state index is 0.288. The second kappa shape index (κ2) is 5.91. The lowest BCUT2D eigenvalue weighted by molar-refractivity contribution is 0.174. The van der Waals surface area contributed by atoms with E-state index in [9.17, 15) is 0 Å². The van der Waals surface area contributed by atoms with Gasteiger partial charge in [0, 0.05) is 18.3 Å². The van der Waals surface area contributed by atoms with Crippen molar-refractivity contribution < 1.29 is 9.47 Å².